The zero-order valence-electron chi connectivity index (χ0n) is 21.9. The van der Waals surface area contributed by atoms with Gasteiger partial charge in [0.15, 0.2) is 0 Å². The molecule has 0 aliphatic rings. The number of halogens is 1. The Bertz CT molecular complexity index is 1300. The third-order valence-corrected chi connectivity index (χ3v) is 8.10. The second kappa shape index (κ2) is 13.2. The van der Waals surface area contributed by atoms with Crippen molar-refractivity contribution in [2.24, 2.45) is 0 Å². The molecule has 3 rings (SSSR count). The molecule has 38 heavy (non-hydrogen) atoms. The molecule has 0 radical (unpaired) electrons. The molecule has 0 heterocycles. The maximum Gasteiger partial charge on any atom is 0.264 e. The highest BCUT2D eigenvalue weighted by Crippen LogP contribution is 2.24. The van der Waals surface area contributed by atoms with Crippen LogP contribution in [0.25, 0.3) is 0 Å². The molecule has 3 aromatic rings. The van der Waals surface area contributed by atoms with Gasteiger partial charge >= 0.3 is 0 Å². The van der Waals surface area contributed by atoms with Crippen LogP contribution >= 0.6 is 0 Å². The lowest BCUT2D eigenvalue weighted by molar-refractivity contribution is -0.140. The largest absolute Gasteiger partial charge is 0.352 e. The van der Waals surface area contributed by atoms with E-state index < -0.39 is 34.3 Å². The average Bonchev–Trinajstić information content (AvgIpc) is 2.93. The first kappa shape index (κ1) is 28.8. The molecule has 2 atom stereocenters. The van der Waals surface area contributed by atoms with Crippen molar-refractivity contribution in [3.05, 3.63) is 96.3 Å². The average molecular weight is 540 g/mol. The van der Waals surface area contributed by atoms with Gasteiger partial charge in [-0.2, -0.15) is 0 Å². The Balaban J connectivity index is 2.01. The number of anilines is 1. The summed E-state index contributed by atoms with van der Waals surface area (Å²) in [6, 6.07) is 21.0. The van der Waals surface area contributed by atoms with E-state index in [1.54, 1.807) is 67.6 Å². The predicted molar refractivity (Wildman–Crippen MR) is 146 cm³/mol. The lowest BCUT2D eigenvalue weighted by Crippen LogP contribution is -2.53. The van der Waals surface area contributed by atoms with Gasteiger partial charge in [-0.25, -0.2) is 12.8 Å². The number of hydrogen-bond acceptors (Lipinski definition) is 4. The van der Waals surface area contributed by atoms with Crippen LogP contribution in [0.4, 0.5) is 10.1 Å². The summed E-state index contributed by atoms with van der Waals surface area (Å²) in [4.78, 5) is 28.5. The molecule has 0 aliphatic carbocycles. The van der Waals surface area contributed by atoms with Crippen LogP contribution in [0.5, 0.6) is 0 Å². The van der Waals surface area contributed by atoms with Gasteiger partial charge in [0.25, 0.3) is 10.0 Å². The summed E-state index contributed by atoms with van der Waals surface area (Å²) >= 11 is 0. The van der Waals surface area contributed by atoms with Crippen LogP contribution in [0.1, 0.15) is 39.2 Å². The molecule has 202 valence electrons. The maximum atomic E-state index is 13.9. The summed E-state index contributed by atoms with van der Waals surface area (Å²) < 4.78 is 42.0. The Morgan fingerprint density at radius 1 is 0.868 bits per heavy atom. The number of hydrogen-bond donors (Lipinski definition) is 1. The van der Waals surface area contributed by atoms with E-state index in [-0.39, 0.29) is 23.4 Å². The topological polar surface area (TPSA) is 86.8 Å². The summed E-state index contributed by atoms with van der Waals surface area (Å²) in [5.74, 6) is -1.30. The molecule has 0 saturated carbocycles. The molecule has 0 saturated heterocycles. The van der Waals surface area contributed by atoms with E-state index in [1.165, 1.54) is 29.2 Å². The van der Waals surface area contributed by atoms with Gasteiger partial charge in [0.2, 0.25) is 11.8 Å². The minimum atomic E-state index is -4.10. The summed E-state index contributed by atoms with van der Waals surface area (Å²) in [5.41, 5.74) is 0.940. The van der Waals surface area contributed by atoms with Crippen molar-refractivity contribution in [3.63, 3.8) is 0 Å². The molecule has 0 unspecified atom stereocenters. The van der Waals surface area contributed by atoms with Gasteiger partial charge in [0.05, 0.1) is 10.6 Å². The molecule has 0 aliphatic heterocycles. The van der Waals surface area contributed by atoms with E-state index in [1.807, 2.05) is 13.8 Å². The minimum absolute atomic E-state index is 0.0135. The number of carbonyl (C=O) groups is 2. The first-order valence-electron chi connectivity index (χ1n) is 12.6. The molecular weight excluding hydrogens is 505 g/mol. The first-order chi connectivity index (χ1) is 18.2. The van der Waals surface area contributed by atoms with Crippen LogP contribution in [0, 0.1) is 5.82 Å². The number of nitrogens with zero attached hydrogens (tertiary/aromatic N) is 2. The molecule has 0 bridgehead atoms. The standard InChI is InChI=1S/C29H34FN3O4S/c1-4-22(3)31-29(35)27(5-2)32(20-23-16-18-24(30)19-17-23)28(34)21-33(25-12-8-6-9-13-25)38(36,37)26-14-10-7-11-15-26/h6-19,22,27H,4-5,20-21H2,1-3H3,(H,31,35)/t22-,27-/m0/s1. The van der Waals surface area contributed by atoms with Gasteiger partial charge in [-0.3, -0.25) is 13.9 Å². The molecule has 9 heteroatoms. The highest BCUT2D eigenvalue weighted by molar-refractivity contribution is 7.92. The van der Waals surface area contributed by atoms with Gasteiger partial charge in [-0.05, 0) is 61.7 Å². The van der Waals surface area contributed by atoms with Crippen LogP contribution < -0.4 is 9.62 Å². The number of benzene rings is 3. The predicted octanol–water partition coefficient (Wildman–Crippen LogP) is 4.74. The van der Waals surface area contributed by atoms with Crippen LogP contribution in [0.15, 0.2) is 89.8 Å². The SMILES string of the molecule is CC[C@H](C)NC(=O)[C@H](CC)N(Cc1ccc(F)cc1)C(=O)CN(c1ccccc1)S(=O)(=O)c1ccccc1. The Labute approximate surface area is 224 Å². The third-order valence-electron chi connectivity index (χ3n) is 6.31. The molecule has 0 aromatic heterocycles. The van der Waals surface area contributed by atoms with Gasteiger partial charge in [0.1, 0.15) is 18.4 Å². The van der Waals surface area contributed by atoms with Crippen molar-refractivity contribution < 1.29 is 22.4 Å². The van der Waals surface area contributed by atoms with E-state index in [2.05, 4.69) is 5.32 Å². The third kappa shape index (κ3) is 7.19. The summed E-state index contributed by atoms with van der Waals surface area (Å²) in [6.07, 6.45) is 1.02. The molecule has 2 amide bonds. The lowest BCUT2D eigenvalue weighted by Gasteiger charge is -2.33. The molecule has 1 N–H and O–H groups in total. The smallest absolute Gasteiger partial charge is 0.264 e. The lowest BCUT2D eigenvalue weighted by atomic mass is 10.1. The minimum Gasteiger partial charge on any atom is -0.352 e. The van der Waals surface area contributed by atoms with E-state index >= 15 is 0 Å². The second-order valence-electron chi connectivity index (χ2n) is 9.05. The van der Waals surface area contributed by atoms with E-state index in [9.17, 15) is 22.4 Å². The van der Waals surface area contributed by atoms with Crippen molar-refractivity contribution in [1.29, 1.82) is 0 Å². The maximum absolute atomic E-state index is 13.9. The van der Waals surface area contributed by atoms with E-state index in [4.69, 9.17) is 0 Å². The number of rotatable bonds is 12. The number of para-hydroxylation sites is 1. The number of sulfonamides is 1. The van der Waals surface area contributed by atoms with Gasteiger partial charge < -0.3 is 10.2 Å². The Hall–Kier alpha value is -3.72. The fourth-order valence-corrected chi connectivity index (χ4v) is 5.43. The van der Waals surface area contributed by atoms with E-state index in [0.717, 1.165) is 4.31 Å². The molecule has 7 nitrogen and oxygen atoms in total. The molecular formula is C29H34FN3O4S. The molecule has 0 fully saturated rings. The summed E-state index contributed by atoms with van der Waals surface area (Å²) in [7, 11) is -4.10. The van der Waals surface area contributed by atoms with Crippen molar-refractivity contribution in [2.75, 3.05) is 10.8 Å². The normalized spacial score (nSPS) is 12.8. The van der Waals surface area contributed by atoms with Crippen molar-refractivity contribution >= 4 is 27.5 Å². The number of nitrogens with one attached hydrogen (secondary N) is 1. The Morgan fingerprint density at radius 3 is 2.00 bits per heavy atom. The van der Waals surface area contributed by atoms with Gasteiger partial charge in [0, 0.05) is 12.6 Å². The molecule has 0 spiro atoms. The van der Waals surface area contributed by atoms with Crippen LogP contribution in [0.3, 0.4) is 0 Å². The summed E-state index contributed by atoms with van der Waals surface area (Å²) in [5, 5.41) is 2.93. The summed E-state index contributed by atoms with van der Waals surface area (Å²) in [6.45, 7) is 5.11. The van der Waals surface area contributed by atoms with Crippen molar-refractivity contribution in [2.45, 2.75) is 57.1 Å². The van der Waals surface area contributed by atoms with Crippen molar-refractivity contribution in [1.82, 2.24) is 10.2 Å². The number of carbonyl (C=O) groups excluding carboxylic acids is 2. The quantitative estimate of drug-likeness (QED) is 0.360. The molecule has 3 aromatic carbocycles. The fraction of sp³-hybridized carbons (Fsp3) is 0.310. The first-order valence-corrected chi connectivity index (χ1v) is 14.1. The van der Waals surface area contributed by atoms with Crippen LogP contribution in [-0.4, -0.2) is 43.8 Å². The highest BCUT2D eigenvalue weighted by atomic mass is 32.2. The number of amides is 2. The fourth-order valence-electron chi connectivity index (χ4n) is 3.99. The Morgan fingerprint density at radius 2 is 1.45 bits per heavy atom. The van der Waals surface area contributed by atoms with Gasteiger partial charge in [-0.1, -0.05) is 62.4 Å². The zero-order chi connectivity index (χ0) is 27.7. The second-order valence-corrected chi connectivity index (χ2v) is 10.9. The van der Waals surface area contributed by atoms with Gasteiger partial charge in [-0.15, -0.1) is 0 Å². The Kier molecular flexibility index (Phi) is 10.0. The highest BCUT2D eigenvalue weighted by Gasteiger charge is 2.33. The zero-order valence-corrected chi connectivity index (χ0v) is 22.7. The van der Waals surface area contributed by atoms with Crippen LogP contribution in [-0.2, 0) is 26.2 Å². The van der Waals surface area contributed by atoms with Crippen LogP contribution in [0.2, 0.25) is 0 Å². The monoisotopic (exact) mass is 539 g/mol. The van der Waals surface area contributed by atoms with Crippen molar-refractivity contribution in [3.8, 4) is 0 Å². The van der Waals surface area contributed by atoms with E-state index in [0.29, 0.717) is 24.1 Å².